The third kappa shape index (κ3) is 5.18. The Labute approximate surface area is 154 Å². The van der Waals surface area contributed by atoms with Crippen LogP contribution < -0.4 is 20.1 Å². The number of para-hydroxylation sites is 1. The zero-order valence-electron chi connectivity index (χ0n) is 14.4. The molecule has 0 aliphatic carbocycles. The van der Waals surface area contributed by atoms with Gasteiger partial charge in [0.1, 0.15) is 17.3 Å². The lowest BCUT2D eigenvalue weighted by Gasteiger charge is -2.06. The highest BCUT2D eigenvalue weighted by Crippen LogP contribution is 2.17. The Hall–Kier alpha value is -3.62. The Morgan fingerprint density at radius 1 is 1.15 bits per heavy atom. The first kappa shape index (κ1) is 18.2. The SMILES string of the molecule is COc1ccc(OCc2noc(CNC(=O)Nc3ccccc3F)n2)cc1. The number of halogens is 1. The van der Waals surface area contributed by atoms with Crippen molar-refractivity contribution < 1.29 is 23.2 Å². The molecule has 9 heteroatoms. The first-order valence-corrected chi connectivity index (χ1v) is 8.02. The highest BCUT2D eigenvalue weighted by atomic mass is 19.1. The van der Waals surface area contributed by atoms with E-state index in [2.05, 4.69) is 20.8 Å². The minimum absolute atomic E-state index is 0.00415. The number of amides is 2. The fourth-order valence-electron chi connectivity index (χ4n) is 2.13. The molecule has 0 saturated carbocycles. The van der Waals surface area contributed by atoms with Crippen LogP contribution in [0.5, 0.6) is 11.5 Å². The highest BCUT2D eigenvalue weighted by molar-refractivity contribution is 5.89. The van der Waals surface area contributed by atoms with E-state index in [4.69, 9.17) is 14.0 Å². The summed E-state index contributed by atoms with van der Waals surface area (Å²) in [4.78, 5) is 15.9. The van der Waals surface area contributed by atoms with Crippen LogP contribution in [-0.4, -0.2) is 23.3 Å². The number of carbonyl (C=O) groups is 1. The van der Waals surface area contributed by atoms with Crippen molar-refractivity contribution in [2.75, 3.05) is 12.4 Å². The third-order valence-electron chi connectivity index (χ3n) is 3.46. The van der Waals surface area contributed by atoms with Gasteiger partial charge in [-0.1, -0.05) is 17.3 Å². The lowest BCUT2D eigenvalue weighted by Crippen LogP contribution is -2.28. The maximum Gasteiger partial charge on any atom is 0.319 e. The molecule has 3 aromatic rings. The van der Waals surface area contributed by atoms with Gasteiger partial charge < -0.3 is 24.6 Å². The molecule has 0 spiro atoms. The Bertz CT molecular complexity index is 898. The zero-order valence-corrected chi connectivity index (χ0v) is 14.4. The van der Waals surface area contributed by atoms with Crippen LogP contribution in [0.15, 0.2) is 53.1 Å². The van der Waals surface area contributed by atoms with Gasteiger partial charge in [0.05, 0.1) is 19.3 Å². The van der Waals surface area contributed by atoms with Crippen LogP contribution in [0.4, 0.5) is 14.9 Å². The van der Waals surface area contributed by atoms with Crippen molar-refractivity contribution in [2.24, 2.45) is 0 Å². The number of benzene rings is 2. The minimum Gasteiger partial charge on any atom is -0.497 e. The van der Waals surface area contributed by atoms with Gasteiger partial charge in [0.2, 0.25) is 11.7 Å². The maximum absolute atomic E-state index is 13.5. The summed E-state index contributed by atoms with van der Waals surface area (Å²) in [6, 6.07) is 12.3. The molecule has 2 N–H and O–H groups in total. The number of hydrogen-bond acceptors (Lipinski definition) is 6. The number of nitrogens with zero attached hydrogens (tertiary/aromatic N) is 2. The first-order valence-electron chi connectivity index (χ1n) is 8.02. The normalized spacial score (nSPS) is 10.3. The van der Waals surface area contributed by atoms with Crippen molar-refractivity contribution in [3.05, 3.63) is 66.1 Å². The summed E-state index contributed by atoms with van der Waals surface area (Å²) < 4.78 is 29.1. The number of carbonyl (C=O) groups excluding carboxylic acids is 1. The summed E-state index contributed by atoms with van der Waals surface area (Å²) in [5.41, 5.74) is 0.0779. The monoisotopic (exact) mass is 372 g/mol. The molecule has 27 heavy (non-hydrogen) atoms. The molecule has 2 amide bonds. The van der Waals surface area contributed by atoms with E-state index in [0.29, 0.717) is 11.6 Å². The fraction of sp³-hybridized carbons (Fsp3) is 0.167. The number of nitrogens with one attached hydrogen (secondary N) is 2. The standard InChI is InChI=1S/C18H17FN4O4/c1-25-12-6-8-13(9-7-12)26-11-16-22-17(27-23-16)10-20-18(24)21-15-5-3-2-4-14(15)19/h2-9H,10-11H2,1H3,(H2,20,21,24). The zero-order chi connectivity index (χ0) is 19.1. The van der Waals surface area contributed by atoms with E-state index in [0.717, 1.165) is 5.75 Å². The number of anilines is 1. The molecule has 0 unspecified atom stereocenters. The highest BCUT2D eigenvalue weighted by Gasteiger charge is 2.10. The molecule has 8 nitrogen and oxygen atoms in total. The number of urea groups is 1. The minimum atomic E-state index is -0.589. The molecular weight excluding hydrogens is 355 g/mol. The largest absolute Gasteiger partial charge is 0.497 e. The van der Waals surface area contributed by atoms with E-state index >= 15 is 0 Å². The van der Waals surface area contributed by atoms with E-state index in [1.165, 1.54) is 18.2 Å². The Morgan fingerprint density at radius 3 is 2.63 bits per heavy atom. The third-order valence-corrected chi connectivity index (χ3v) is 3.46. The summed E-state index contributed by atoms with van der Waals surface area (Å²) in [6.07, 6.45) is 0. The Balaban J connectivity index is 1.46. The predicted molar refractivity (Wildman–Crippen MR) is 93.9 cm³/mol. The second-order valence-corrected chi connectivity index (χ2v) is 5.36. The molecule has 3 rings (SSSR count). The van der Waals surface area contributed by atoms with E-state index < -0.39 is 11.8 Å². The summed E-state index contributed by atoms with van der Waals surface area (Å²) in [5.74, 6) is 1.36. The number of methoxy groups -OCH3 is 1. The van der Waals surface area contributed by atoms with E-state index in [1.54, 1.807) is 37.4 Å². The van der Waals surface area contributed by atoms with Crippen molar-refractivity contribution in [3.8, 4) is 11.5 Å². The molecule has 0 aliphatic rings. The predicted octanol–water partition coefficient (Wildman–Crippen LogP) is 3.12. The molecule has 140 valence electrons. The lowest BCUT2D eigenvalue weighted by molar-refractivity contribution is 0.249. The Morgan fingerprint density at radius 2 is 1.89 bits per heavy atom. The van der Waals surface area contributed by atoms with Gasteiger partial charge >= 0.3 is 6.03 Å². The quantitative estimate of drug-likeness (QED) is 0.661. The summed E-state index contributed by atoms with van der Waals surface area (Å²) >= 11 is 0. The van der Waals surface area contributed by atoms with Gasteiger partial charge in [-0.25, -0.2) is 9.18 Å². The van der Waals surface area contributed by atoms with Crippen LogP contribution in [0.1, 0.15) is 11.7 Å². The van der Waals surface area contributed by atoms with Crippen molar-refractivity contribution in [1.29, 1.82) is 0 Å². The fourth-order valence-corrected chi connectivity index (χ4v) is 2.13. The molecule has 0 fully saturated rings. The van der Waals surface area contributed by atoms with Crippen LogP contribution in [0.25, 0.3) is 0 Å². The topological polar surface area (TPSA) is 98.5 Å². The van der Waals surface area contributed by atoms with Crippen LogP contribution in [0, 0.1) is 5.82 Å². The van der Waals surface area contributed by atoms with E-state index in [1.807, 2.05) is 0 Å². The van der Waals surface area contributed by atoms with Gasteiger partial charge in [0.25, 0.3) is 0 Å². The van der Waals surface area contributed by atoms with Gasteiger partial charge in [0.15, 0.2) is 6.61 Å². The average Bonchev–Trinajstić information content (AvgIpc) is 3.15. The van der Waals surface area contributed by atoms with E-state index in [-0.39, 0.29) is 24.7 Å². The summed E-state index contributed by atoms with van der Waals surface area (Å²) in [5, 5.41) is 8.67. The summed E-state index contributed by atoms with van der Waals surface area (Å²) in [7, 11) is 1.58. The number of aromatic nitrogens is 2. The molecule has 2 aromatic carbocycles. The molecule has 0 saturated heterocycles. The van der Waals surface area contributed by atoms with Crippen LogP contribution >= 0.6 is 0 Å². The summed E-state index contributed by atoms with van der Waals surface area (Å²) in [6.45, 7) is 0.104. The van der Waals surface area contributed by atoms with Gasteiger partial charge in [-0.2, -0.15) is 4.98 Å². The smallest absolute Gasteiger partial charge is 0.319 e. The van der Waals surface area contributed by atoms with Crippen LogP contribution in [-0.2, 0) is 13.2 Å². The maximum atomic E-state index is 13.5. The van der Waals surface area contributed by atoms with Gasteiger partial charge in [0, 0.05) is 0 Å². The van der Waals surface area contributed by atoms with Crippen molar-refractivity contribution >= 4 is 11.7 Å². The molecule has 0 radical (unpaired) electrons. The van der Waals surface area contributed by atoms with Gasteiger partial charge in [-0.05, 0) is 36.4 Å². The van der Waals surface area contributed by atoms with Gasteiger partial charge in [-0.15, -0.1) is 0 Å². The number of rotatable bonds is 7. The average molecular weight is 372 g/mol. The molecule has 0 bridgehead atoms. The molecule has 0 aliphatic heterocycles. The number of ether oxygens (including phenoxy) is 2. The molecule has 1 heterocycles. The van der Waals surface area contributed by atoms with Crippen molar-refractivity contribution in [3.63, 3.8) is 0 Å². The second-order valence-electron chi connectivity index (χ2n) is 5.36. The van der Waals surface area contributed by atoms with Crippen LogP contribution in [0.2, 0.25) is 0 Å². The van der Waals surface area contributed by atoms with Crippen LogP contribution in [0.3, 0.4) is 0 Å². The van der Waals surface area contributed by atoms with Gasteiger partial charge in [-0.3, -0.25) is 0 Å². The molecular formula is C18H17FN4O4. The second kappa shape index (κ2) is 8.65. The molecule has 1 aromatic heterocycles. The first-order chi connectivity index (χ1) is 13.1. The van der Waals surface area contributed by atoms with E-state index in [9.17, 15) is 9.18 Å². The van der Waals surface area contributed by atoms with Crippen molar-refractivity contribution in [2.45, 2.75) is 13.2 Å². The Kier molecular flexibility index (Phi) is 5.83. The van der Waals surface area contributed by atoms with Crippen molar-refractivity contribution in [1.82, 2.24) is 15.5 Å². The molecule has 0 atom stereocenters. The lowest BCUT2D eigenvalue weighted by atomic mass is 10.3. The number of hydrogen-bond donors (Lipinski definition) is 2.